The van der Waals surface area contributed by atoms with Crippen LogP contribution in [-0.2, 0) is 9.31 Å². The summed E-state index contributed by atoms with van der Waals surface area (Å²) in [6.45, 7) is 8.31. The molecule has 74 heavy (non-hydrogen) atoms. The summed E-state index contributed by atoms with van der Waals surface area (Å²) in [6, 6.07) is 89.5. The van der Waals surface area contributed by atoms with E-state index in [1.807, 2.05) is 12.1 Å². The molecule has 0 saturated carbocycles. The van der Waals surface area contributed by atoms with Gasteiger partial charge in [0, 0.05) is 46.0 Å². The number of hydrogen-bond donors (Lipinski definition) is 0. The second-order valence-electron chi connectivity index (χ2n) is 19.2. The monoisotopic (exact) mass is 1200 g/mol. The van der Waals surface area contributed by atoms with Crippen LogP contribution < -0.4 is 10.4 Å². The van der Waals surface area contributed by atoms with Crippen LogP contribution in [0.1, 0.15) is 27.7 Å². The maximum Gasteiger partial charge on any atom is 0.494 e. The Labute approximate surface area is 466 Å². The lowest BCUT2D eigenvalue weighted by atomic mass is 9.79. The molecule has 10 aromatic carbocycles. The summed E-state index contributed by atoms with van der Waals surface area (Å²) in [5.41, 5.74) is 14.8. The van der Waals surface area contributed by atoms with Gasteiger partial charge in [-0.25, -0.2) is 0 Å². The quantitative estimate of drug-likeness (QED) is 0.112. The van der Waals surface area contributed by atoms with E-state index in [2.05, 4.69) is 334 Å². The second-order valence-corrected chi connectivity index (χ2v) is 22.3. The average Bonchev–Trinajstić information content (AvgIpc) is 3.89. The molecule has 1 aromatic heterocycles. The van der Waals surface area contributed by atoms with Gasteiger partial charge >= 0.3 is 7.12 Å². The number of anilines is 3. The number of hydrogen-bond acceptors (Lipinski definition) is 3. The Hall–Kier alpha value is -6.53. The van der Waals surface area contributed by atoms with E-state index in [9.17, 15) is 0 Å². The molecule has 8 heteroatoms. The minimum absolute atomic E-state index is 0.337. The van der Waals surface area contributed by atoms with Crippen molar-refractivity contribution in [2.45, 2.75) is 38.9 Å². The molecule has 364 valence electrons. The van der Waals surface area contributed by atoms with Crippen molar-refractivity contribution in [1.29, 1.82) is 0 Å². The van der Waals surface area contributed by atoms with Gasteiger partial charge in [0.05, 0.1) is 22.2 Å². The molecule has 1 aliphatic rings. The van der Waals surface area contributed by atoms with Gasteiger partial charge in [-0.3, -0.25) is 0 Å². The second kappa shape index (κ2) is 22.5. The highest BCUT2D eigenvalue weighted by Crippen LogP contribution is 2.39. The van der Waals surface area contributed by atoms with Crippen molar-refractivity contribution >= 4 is 106 Å². The molecule has 0 amide bonds. The van der Waals surface area contributed by atoms with E-state index in [0.717, 1.165) is 31.5 Å². The van der Waals surface area contributed by atoms with Crippen LogP contribution in [0.5, 0.6) is 0 Å². The first-order valence-electron chi connectivity index (χ1n) is 24.7. The summed E-state index contributed by atoms with van der Waals surface area (Å²) < 4.78 is 18.2. The number of rotatable bonds is 8. The largest absolute Gasteiger partial charge is 0.494 e. The molecule has 0 spiro atoms. The van der Waals surface area contributed by atoms with Gasteiger partial charge in [0.2, 0.25) is 0 Å². The van der Waals surface area contributed by atoms with Crippen LogP contribution in [0.3, 0.4) is 0 Å². The van der Waals surface area contributed by atoms with Crippen LogP contribution in [0.2, 0.25) is 0 Å². The van der Waals surface area contributed by atoms with E-state index in [1.165, 1.54) is 64.4 Å². The van der Waals surface area contributed by atoms with Crippen LogP contribution in [0, 0.1) is 3.57 Å². The molecule has 11 aromatic rings. The molecule has 1 aliphatic heterocycles. The Morgan fingerprint density at radius 3 is 1.27 bits per heavy atom. The maximum atomic E-state index is 6.18. The third-order valence-corrected chi connectivity index (χ3v) is 15.6. The van der Waals surface area contributed by atoms with Crippen molar-refractivity contribution in [2.75, 3.05) is 4.90 Å². The Bertz CT molecular complexity index is 3510. The van der Waals surface area contributed by atoms with Gasteiger partial charge in [-0.15, -0.1) is 0 Å². The highest BCUT2D eigenvalue weighted by atomic mass is 127. The predicted molar refractivity (Wildman–Crippen MR) is 328 cm³/mol. The van der Waals surface area contributed by atoms with Crippen molar-refractivity contribution in [3.8, 4) is 39.1 Å². The van der Waals surface area contributed by atoms with Gasteiger partial charge < -0.3 is 18.8 Å². The lowest BCUT2D eigenvalue weighted by Gasteiger charge is -2.32. The normalized spacial score (nSPS) is 13.4. The summed E-state index contributed by atoms with van der Waals surface area (Å²) in [4.78, 5) is 2.24. The third kappa shape index (κ3) is 11.4. The molecule has 12 rings (SSSR count). The highest BCUT2D eigenvalue weighted by molar-refractivity contribution is 14.1. The Morgan fingerprint density at radius 1 is 0.392 bits per heavy atom. The summed E-state index contributed by atoms with van der Waals surface area (Å²) in [6.07, 6.45) is 0. The van der Waals surface area contributed by atoms with Gasteiger partial charge in [-0.1, -0.05) is 184 Å². The first-order chi connectivity index (χ1) is 35.9. The summed E-state index contributed by atoms with van der Waals surface area (Å²) in [5, 5.41) is 2.55. The zero-order valence-electron chi connectivity index (χ0n) is 41.7. The van der Waals surface area contributed by atoms with Gasteiger partial charge in [0.15, 0.2) is 0 Å². The van der Waals surface area contributed by atoms with Gasteiger partial charge in [0.25, 0.3) is 0 Å². The van der Waals surface area contributed by atoms with E-state index >= 15 is 0 Å². The number of fused-ring (bicyclic) bond motifs is 3. The smallest absolute Gasteiger partial charge is 0.399 e. The van der Waals surface area contributed by atoms with E-state index in [0.29, 0.717) is 0 Å². The molecule has 0 radical (unpaired) electrons. The first kappa shape index (κ1) is 51.0. The predicted octanol–water partition coefficient (Wildman–Crippen LogP) is 19.1. The fraction of sp³-hybridized carbons (Fsp3) is 0.0909. The van der Waals surface area contributed by atoms with Crippen molar-refractivity contribution in [3.63, 3.8) is 0 Å². The first-order valence-corrected chi connectivity index (χ1v) is 27.4. The summed E-state index contributed by atoms with van der Waals surface area (Å²) in [7, 11) is -0.346. The number of halogens is 3. The zero-order valence-corrected chi connectivity index (χ0v) is 47.0. The molecule has 0 atom stereocenters. The van der Waals surface area contributed by atoms with Crippen LogP contribution in [0.15, 0.2) is 264 Å². The molecule has 0 aliphatic carbocycles. The number of aromatic nitrogens is 1. The Morgan fingerprint density at radius 2 is 0.770 bits per heavy atom. The van der Waals surface area contributed by atoms with Crippen molar-refractivity contribution in [1.82, 2.24) is 4.57 Å². The third-order valence-electron chi connectivity index (χ3n) is 13.8. The summed E-state index contributed by atoms with van der Waals surface area (Å²) >= 11 is 9.25. The molecule has 1 saturated heterocycles. The molecule has 4 nitrogen and oxygen atoms in total. The van der Waals surface area contributed by atoms with E-state index in [1.54, 1.807) is 0 Å². The molecule has 2 heterocycles. The highest BCUT2D eigenvalue weighted by Gasteiger charge is 2.51. The molecular formula is C66H54BBr2IN2O2. The minimum Gasteiger partial charge on any atom is -0.399 e. The average molecular weight is 1200 g/mol. The molecule has 0 N–H and O–H groups in total. The Kier molecular flexibility index (Phi) is 15.5. The van der Waals surface area contributed by atoms with Crippen molar-refractivity contribution in [2.24, 2.45) is 0 Å². The van der Waals surface area contributed by atoms with Gasteiger partial charge in [0.1, 0.15) is 0 Å². The molecule has 0 bridgehead atoms. The van der Waals surface area contributed by atoms with E-state index < -0.39 is 0 Å². The van der Waals surface area contributed by atoms with Crippen LogP contribution in [0.25, 0.3) is 60.9 Å². The minimum atomic E-state index is -0.346. The molecular weight excluding hydrogens is 1150 g/mol. The van der Waals surface area contributed by atoms with Crippen LogP contribution in [-0.4, -0.2) is 22.9 Å². The van der Waals surface area contributed by atoms with E-state index in [-0.39, 0.29) is 18.3 Å². The summed E-state index contributed by atoms with van der Waals surface area (Å²) in [5.74, 6) is 0. The van der Waals surface area contributed by atoms with Crippen LogP contribution in [0.4, 0.5) is 17.1 Å². The van der Waals surface area contributed by atoms with Crippen LogP contribution >= 0.6 is 54.5 Å². The van der Waals surface area contributed by atoms with Crippen molar-refractivity contribution < 1.29 is 9.31 Å². The fourth-order valence-corrected chi connectivity index (χ4v) is 10.0. The number of benzene rings is 10. The number of nitrogens with zero attached hydrogens (tertiary/aromatic N) is 2. The fourth-order valence-electron chi connectivity index (χ4n) is 9.15. The molecule has 0 unspecified atom stereocenters. The molecule has 1 fully saturated rings. The lowest BCUT2D eigenvalue weighted by Crippen LogP contribution is -2.41. The number of para-hydroxylation sites is 4. The zero-order chi connectivity index (χ0) is 51.2. The lowest BCUT2D eigenvalue weighted by molar-refractivity contribution is 0.00578. The van der Waals surface area contributed by atoms with Crippen molar-refractivity contribution in [3.05, 3.63) is 267 Å². The van der Waals surface area contributed by atoms with Gasteiger partial charge in [-0.05, 0) is 192 Å². The SMILES string of the molecule is Brc1ccc(-c2ccc(-c3ccc4c(c3)c3ccccc3n4-c3ccccc3)cc2)cc1.Brc1ccc(-c2ccc(I)cc2)cc1.CC1(C)OB(c2ccc(N(c3ccccc3)c3ccccc3)cc2)OC1(C)C. The standard InChI is InChI=1S/C30H20BrN.C24H26BNO2.C12H8BrI/c31-25-17-14-22(15-18-25)21-10-12-23(13-11-21)24-16-19-30-28(20-24)27-8-4-5-9-29(27)32(30)26-6-2-1-3-7-26;1-23(2)24(3,4)28-25(27-23)19-15-17-22(18-16-19)26(20-11-7-5-8-12-20)21-13-9-6-10-14-21;13-11-5-1-9(2-6-11)10-3-7-12(14)8-4-10/h1-20H;5-18H,1-4H3;1-8H. The maximum absolute atomic E-state index is 6.18. The Balaban J connectivity index is 0.000000136. The van der Waals surface area contributed by atoms with E-state index in [4.69, 9.17) is 9.31 Å². The van der Waals surface area contributed by atoms with Gasteiger partial charge in [-0.2, -0.15) is 0 Å². The topological polar surface area (TPSA) is 26.6 Å².